The second-order valence-corrected chi connectivity index (χ2v) is 7.19. The Hall–Kier alpha value is -3.39. The van der Waals surface area contributed by atoms with Crippen LogP contribution in [0.25, 0.3) is 22.6 Å². The van der Waals surface area contributed by atoms with E-state index in [1.165, 1.54) is 12.1 Å². The molecule has 0 aliphatic carbocycles. The van der Waals surface area contributed by atoms with E-state index in [-0.39, 0.29) is 11.9 Å². The molecule has 1 aliphatic heterocycles. The molecule has 1 aromatic carbocycles. The Balaban J connectivity index is 1.31. The molecule has 0 amide bonds. The lowest BCUT2D eigenvalue weighted by atomic mass is 10.1. The average molecular weight is 389 g/mol. The van der Waals surface area contributed by atoms with Gasteiger partial charge in [-0.25, -0.2) is 4.39 Å². The van der Waals surface area contributed by atoms with Crippen LogP contribution in [-0.4, -0.2) is 36.0 Å². The summed E-state index contributed by atoms with van der Waals surface area (Å²) in [6.45, 7) is 1.48. The zero-order valence-corrected chi connectivity index (χ0v) is 15.7. The quantitative estimate of drug-likeness (QED) is 0.548. The van der Waals surface area contributed by atoms with E-state index >= 15 is 0 Å². The third-order valence-electron chi connectivity index (χ3n) is 5.30. The number of H-pyrrole nitrogens is 1. The van der Waals surface area contributed by atoms with E-state index in [0.29, 0.717) is 6.54 Å². The van der Waals surface area contributed by atoms with E-state index in [4.69, 9.17) is 0 Å². The number of aryl methyl sites for hydroxylation is 1. The number of rotatable bonds is 5. The van der Waals surface area contributed by atoms with Gasteiger partial charge in [-0.2, -0.15) is 5.10 Å². The van der Waals surface area contributed by atoms with Gasteiger partial charge in [0.15, 0.2) is 5.82 Å². The highest BCUT2D eigenvalue weighted by Gasteiger charge is 2.23. The van der Waals surface area contributed by atoms with Crippen LogP contribution in [0, 0.1) is 5.82 Å². The molecular weight excluding hydrogens is 369 g/mol. The number of hydrogen-bond donors (Lipinski definition) is 2. The summed E-state index contributed by atoms with van der Waals surface area (Å²) in [5, 5.41) is 19.6. The SMILES string of the molecule is Fc1ccc(-c2nnc3n2CC(NCc2cn[nH]c2-c2cccnc2)CC3)cc1. The van der Waals surface area contributed by atoms with Crippen molar-refractivity contribution < 1.29 is 4.39 Å². The number of nitrogens with one attached hydrogen (secondary N) is 2. The molecule has 0 spiro atoms. The molecule has 4 heterocycles. The van der Waals surface area contributed by atoms with Gasteiger partial charge < -0.3 is 9.88 Å². The predicted molar refractivity (Wildman–Crippen MR) is 106 cm³/mol. The van der Waals surface area contributed by atoms with Crippen molar-refractivity contribution in [3.05, 3.63) is 72.2 Å². The molecule has 146 valence electrons. The fourth-order valence-corrected chi connectivity index (χ4v) is 3.77. The maximum atomic E-state index is 13.3. The molecule has 0 fully saturated rings. The fourth-order valence-electron chi connectivity index (χ4n) is 3.77. The van der Waals surface area contributed by atoms with E-state index in [0.717, 1.165) is 53.4 Å². The van der Waals surface area contributed by atoms with Crippen LogP contribution in [0.4, 0.5) is 4.39 Å². The van der Waals surface area contributed by atoms with E-state index < -0.39 is 0 Å². The van der Waals surface area contributed by atoms with Crippen LogP contribution in [0.3, 0.4) is 0 Å². The van der Waals surface area contributed by atoms with Crippen LogP contribution < -0.4 is 5.32 Å². The average Bonchev–Trinajstić information content (AvgIpc) is 3.40. The maximum absolute atomic E-state index is 13.3. The van der Waals surface area contributed by atoms with Gasteiger partial charge in [-0.3, -0.25) is 10.1 Å². The van der Waals surface area contributed by atoms with E-state index in [1.54, 1.807) is 18.3 Å². The van der Waals surface area contributed by atoms with Crippen molar-refractivity contribution in [3.63, 3.8) is 0 Å². The Labute approximate surface area is 167 Å². The fraction of sp³-hybridized carbons (Fsp3) is 0.238. The van der Waals surface area contributed by atoms with Gasteiger partial charge in [-0.15, -0.1) is 10.2 Å². The first kappa shape index (κ1) is 17.7. The third kappa shape index (κ3) is 3.54. The van der Waals surface area contributed by atoms with Gasteiger partial charge in [0.1, 0.15) is 11.6 Å². The molecule has 0 bridgehead atoms. The molecule has 2 N–H and O–H groups in total. The van der Waals surface area contributed by atoms with Crippen molar-refractivity contribution in [1.29, 1.82) is 0 Å². The van der Waals surface area contributed by atoms with Crippen LogP contribution in [0.15, 0.2) is 55.0 Å². The van der Waals surface area contributed by atoms with Crippen molar-refractivity contribution in [2.24, 2.45) is 0 Å². The van der Waals surface area contributed by atoms with E-state index in [9.17, 15) is 4.39 Å². The van der Waals surface area contributed by atoms with E-state index in [2.05, 4.69) is 35.3 Å². The van der Waals surface area contributed by atoms with Crippen molar-refractivity contribution in [2.45, 2.75) is 32.0 Å². The van der Waals surface area contributed by atoms with Crippen LogP contribution in [-0.2, 0) is 19.5 Å². The number of hydrogen-bond acceptors (Lipinski definition) is 5. The lowest BCUT2D eigenvalue weighted by Crippen LogP contribution is -2.37. The monoisotopic (exact) mass is 389 g/mol. The molecule has 0 radical (unpaired) electrons. The lowest BCUT2D eigenvalue weighted by molar-refractivity contribution is 0.381. The first-order chi connectivity index (χ1) is 14.3. The van der Waals surface area contributed by atoms with E-state index in [1.807, 2.05) is 24.5 Å². The van der Waals surface area contributed by atoms with Crippen LogP contribution in [0.5, 0.6) is 0 Å². The topological polar surface area (TPSA) is 84.3 Å². The van der Waals surface area contributed by atoms with Gasteiger partial charge >= 0.3 is 0 Å². The number of pyridine rings is 1. The van der Waals surface area contributed by atoms with Crippen LogP contribution >= 0.6 is 0 Å². The molecule has 3 aromatic heterocycles. The van der Waals surface area contributed by atoms with Gasteiger partial charge in [0.05, 0.1) is 11.9 Å². The number of benzene rings is 1. The minimum Gasteiger partial charge on any atom is -0.309 e. The highest BCUT2D eigenvalue weighted by molar-refractivity contribution is 5.61. The summed E-state index contributed by atoms with van der Waals surface area (Å²) >= 11 is 0. The Morgan fingerprint density at radius 3 is 2.83 bits per heavy atom. The van der Waals surface area contributed by atoms with Gasteiger partial charge in [-0.1, -0.05) is 0 Å². The summed E-state index contributed by atoms with van der Waals surface area (Å²) in [7, 11) is 0. The molecule has 5 rings (SSSR count). The summed E-state index contributed by atoms with van der Waals surface area (Å²) in [6.07, 6.45) is 7.28. The molecule has 1 atom stereocenters. The zero-order chi connectivity index (χ0) is 19.6. The molecule has 7 nitrogen and oxygen atoms in total. The van der Waals surface area contributed by atoms with Gasteiger partial charge in [0.2, 0.25) is 0 Å². The molecule has 0 saturated carbocycles. The number of aromatic nitrogens is 6. The lowest BCUT2D eigenvalue weighted by Gasteiger charge is -2.25. The van der Waals surface area contributed by atoms with Gasteiger partial charge in [-0.05, 0) is 42.8 Å². The predicted octanol–water partition coefficient (Wildman–Crippen LogP) is 2.97. The number of aromatic amines is 1. The second-order valence-electron chi connectivity index (χ2n) is 7.19. The molecule has 0 saturated heterocycles. The van der Waals surface area contributed by atoms with Crippen molar-refractivity contribution in [2.75, 3.05) is 0 Å². The summed E-state index contributed by atoms with van der Waals surface area (Å²) in [5.74, 6) is 1.50. The normalized spacial score (nSPS) is 16.0. The van der Waals surface area contributed by atoms with Gasteiger partial charge in [0, 0.05) is 54.6 Å². The number of fused-ring (bicyclic) bond motifs is 1. The largest absolute Gasteiger partial charge is 0.309 e. The minimum absolute atomic E-state index is 0.254. The van der Waals surface area contributed by atoms with Crippen molar-refractivity contribution >= 4 is 0 Å². The standard InChI is InChI=1S/C21H20FN7/c22-17-5-3-14(4-6-17)21-28-26-19-8-7-18(13-29(19)21)24-11-16-12-25-27-20(16)15-2-1-9-23-10-15/h1-6,9-10,12,18,24H,7-8,11,13H2,(H,25,27). The molecule has 1 aliphatic rings. The Morgan fingerprint density at radius 1 is 1.10 bits per heavy atom. The Morgan fingerprint density at radius 2 is 2.00 bits per heavy atom. The maximum Gasteiger partial charge on any atom is 0.164 e. The van der Waals surface area contributed by atoms with Crippen LogP contribution in [0.2, 0.25) is 0 Å². The summed E-state index contributed by atoms with van der Waals surface area (Å²) in [6, 6.07) is 10.6. The molecule has 8 heteroatoms. The van der Waals surface area contributed by atoms with Gasteiger partial charge in [0.25, 0.3) is 0 Å². The highest BCUT2D eigenvalue weighted by Crippen LogP contribution is 2.24. The first-order valence-corrected chi connectivity index (χ1v) is 9.62. The summed E-state index contributed by atoms with van der Waals surface area (Å²) in [5.41, 5.74) is 3.98. The number of nitrogens with zero attached hydrogens (tertiary/aromatic N) is 5. The first-order valence-electron chi connectivity index (χ1n) is 9.62. The van der Waals surface area contributed by atoms with Crippen molar-refractivity contribution in [3.8, 4) is 22.6 Å². The molecule has 1 unspecified atom stereocenters. The molecule has 29 heavy (non-hydrogen) atoms. The second kappa shape index (κ2) is 7.56. The minimum atomic E-state index is -0.254. The smallest absolute Gasteiger partial charge is 0.164 e. The highest BCUT2D eigenvalue weighted by atomic mass is 19.1. The molecular formula is C21H20FN7. The Kier molecular flexibility index (Phi) is 4.61. The summed E-state index contributed by atoms with van der Waals surface area (Å²) < 4.78 is 15.4. The van der Waals surface area contributed by atoms with Crippen molar-refractivity contribution in [1.82, 2.24) is 35.3 Å². The Bertz CT molecular complexity index is 1100. The number of halogens is 1. The third-order valence-corrected chi connectivity index (χ3v) is 5.30. The molecule has 4 aromatic rings. The van der Waals surface area contributed by atoms with Crippen LogP contribution in [0.1, 0.15) is 17.8 Å². The zero-order valence-electron chi connectivity index (χ0n) is 15.7. The summed E-state index contributed by atoms with van der Waals surface area (Å²) in [4.78, 5) is 4.19.